The molecule has 1 aromatic heterocycles. The van der Waals surface area contributed by atoms with E-state index in [1.807, 2.05) is 0 Å². The number of nitrogens with zero attached hydrogens (tertiary/aromatic N) is 2. The maximum absolute atomic E-state index is 13.0. The maximum atomic E-state index is 13.0. The number of methoxy groups -OCH3 is 2. The third-order valence-electron chi connectivity index (χ3n) is 4.65. The number of rotatable bonds is 6. The van der Waals surface area contributed by atoms with Crippen molar-refractivity contribution in [3.8, 4) is 11.5 Å². The van der Waals surface area contributed by atoms with Crippen LogP contribution in [0.5, 0.6) is 11.5 Å². The van der Waals surface area contributed by atoms with Gasteiger partial charge in [0.1, 0.15) is 0 Å². The minimum absolute atomic E-state index is 0.339. The van der Waals surface area contributed by atoms with Gasteiger partial charge in [-0.2, -0.15) is 16.8 Å². The van der Waals surface area contributed by atoms with Gasteiger partial charge < -0.3 is 14.0 Å². The molecule has 3 aromatic rings. The molecule has 0 saturated carbocycles. The number of benzene rings is 2. The second-order valence-corrected chi connectivity index (χ2v) is 8.39. The first-order chi connectivity index (χ1) is 13.5. The van der Waals surface area contributed by atoms with E-state index in [1.165, 1.54) is 29.6 Å². The molecule has 0 aliphatic heterocycles. The van der Waals surface area contributed by atoms with Crippen LogP contribution in [0.2, 0.25) is 0 Å². The van der Waals surface area contributed by atoms with E-state index in [0.717, 1.165) is 22.5 Å². The molecule has 28 heavy (non-hydrogen) atoms. The Hall–Kier alpha value is -2.25. The Kier molecular flexibility index (Phi) is 6.46. The summed E-state index contributed by atoms with van der Waals surface area (Å²) in [5.74, 6) is 1.53. The number of carbonyl (C=O) groups excluding carboxylic acids is 1. The Morgan fingerprint density at radius 3 is 2.61 bits per heavy atom. The fraction of sp³-hybridized carbons (Fsp3) is 0.333. The van der Waals surface area contributed by atoms with Crippen LogP contribution in [-0.2, 0) is 6.54 Å². The second kappa shape index (κ2) is 8.84. The summed E-state index contributed by atoms with van der Waals surface area (Å²) in [4.78, 5) is 18.1. The molecule has 0 aliphatic rings. The minimum Gasteiger partial charge on any atom is -0.493 e. The summed E-state index contributed by atoms with van der Waals surface area (Å²) in [7, 11) is 3.08. The SMILES string of the molecule is COc1cccc(C(=O)N=c2sc3cc(C)c(C)cc3n2CCSC)c1OC. The van der Waals surface area contributed by atoms with E-state index in [1.54, 1.807) is 37.1 Å². The molecule has 0 radical (unpaired) electrons. The van der Waals surface area contributed by atoms with Gasteiger partial charge in [-0.15, -0.1) is 0 Å². The average molecular weight is 417 g/mol. The van der Waals surface area contributed by atoms with Crippen LogP contribution in [0, 0.1) is 13.8 Å². The van der Waals surface area contributed by atoms with Crippen molar-refractivity contribution >= 4 is 39.2 Å². The number of para-hydroxylation sites is 1. The minimum atomic E-state index is -0.339. The first-order valence-electron chi connectivity index (χ1n) is 8.89. The molecule has 0 unspecified atom stereocenters. The van der Waals surface area contributed by atoms with E-state index < -0.39 is 0 Å². The number of hydrogen-bond acceptors (Lipinski definition) is 5. The molecular formula is C21H24N2O3S2. The van der Waals surface area contributed by atoms with Gasteiger partial charge >= 0.3 is 0 Å². The standard InChI is InChI=1S/C21H24N2O3S2/c1-13-11-16-18(12-14(13)2)28-21(23(16)9-10-27-5)22-20(24)15-7-6-8-17(25-3)19(15)26-4/h6-8,11-12H,9-10H2,1-5H3. The molecule has 7 heteroatoms. The van der Waals surface area contributed by atoms with E-state index in [0.29, 0.717) is 21.9 Å². The van der Waals surface area contributed by atoms with Crippen LogP contribution >= 0.6 is 23.1 Å². The van der Waals surface area contributed by atoms with Crippen molar-refractivity contribution in [3.63, 3.8) is 0 Å². The highest BCUT2D eigenvalue weighted by atomic mass is 32.2. The summed E-state index contributed by atoms with van der Waals surface area (Å²) in [5.41, 5.74) is 3.98. The number of aromatic nitrogens is 1. The van der Waals surface area contributed by atoms with Gasteiger partial charge in [-0.1, -0.05) is 17.4 Å². The molecule has 1 amide bonds. The van der Waals surface area contributed by atoms with Crippen LogP contribution in [0.25, 0.3) is 10.2 Å². The largest absolute Gasteiger partial charge is 0.493 e. The smallest absolute Gasteiger partial charge is 0.283 e. The van der Waals surface area contributed by atoms with Gasteiger partial charge in [-0.25, -0.2) is 0 Å². The first-order valence-corrected chi connectivity index (χ1v) is 11.1. The van der Waals surface area contributed by atoms with Crippen LogP contribution in [0.3, 0.4) is 0 Å². The van der Waals surface area contributed by atoms with Crippen molar-refractivity contribution in [3.05, 3.63) is 51.8 Å². The molecule has 0 saturated heterocycles. The predicted octanol–water partition coefficient (Wildman–Crippen LogP) is 4.44. The first kappa shape index (κ1) is 20.5. The van der Waals surface area contributed by atoms with Gasteiger partial charge in [0.25, 0.3) is 5.91 Å². The maximum Gasteiger partial charge on any atom is 0.283 e. The van der Waals surface area contributed by atoms with Gasteiger partial charge in [-0.05, 0) is 55.5 Å². The van der Waals surface area contributed by atoms with E-state index in [9.17, 15) is 4.79 Å². The van der Waals surface area contributed by atoms with Crippen molar-refractivity contribution in [2.45, 2.75) is 20.4 Å². The third kappa shape index (κ3) is 3.95. The molecule has 2 aromatic carbocycles. The topological polar surface area (TPSA) is 52.8 Å². The number of amides is 1. The summed E-state index contributed by atoms with van der Waals surface area (Å²) in [6.45, 7) is 5.00. The zero-order chi connectivity index (χ0) is 20.3. The summed E-state index contributed by atoms with van der Waals surface area (Å²) in [6, 6.07) is 9.58. The molecule has 3 rings (SSSR count). The summed E-state index contributed by atoms with van der Waals surface area (Å²) >= 11 is 3.31. The summed E-state index contributed by atoms with van der Waals surface area (Å²) in [5, 5.41) is 0. The highest BCUT2D eigenvalue weighted by molar-refractivity contribution is 7.98. The molecule has 1 heterocycles. The molecule has 0 atom stereocenters. The van der Waals surface area contributed by atoms with Crippen LogP contribution in [0.15, 0.2) is 35.3 Å². The number of carbonyl (C=O) groups is 1. The Balaban J connectivity index is 2.17. The lowest BCUT2D eigenvalue weighted by Crippen LogP contribution is -2.18. The van der Waals surface area contributed by atoms with Gasteiger partial charge in [0.15, 0.2) is 16.3 Å². The fourth-order valence-electron chi connectivity index (χ4n) is 3.01. The van der Waals surface area contributed by atoms with Crippen molar-refractivity contribution < 1.29 is 14.3 Å². The number of fused-ring (bicyclic) bond motifs is 1. The number of aryl methyl sites for hydroxylation is 3. The van der Waals surface area contributed by atoms with E-state index in [4.69, 9.17) is 9.47 Å². The lowest BCUT2D eigenvalue weighted by molar-refractivity contribution is 0.0994. The quantitative estimate of drug-likeness (QED) is 0.596. The number of thiazole rings is 1. The van der Waals surface area contributed by atoms with Gasteiger partial charge in [0.05, 0.1) is 30.0 Å². The monoisotopic (exact) mass is 416 g/mol. The van der Waals surface area contributed by atoms with E-state index >= 15 is 0 Å². The Labute approximate surface area is 173 Å². The summed E-state index contributed by atoms with van der Waals surface area (Å²) < 4.78 is 14.0. The van der Waals surface area contributed by atoms with Gasteiger partial charge in [0, 0.05) is 12.3 Å². The van der Waals surface area contributed by atoms with Gasteiger partial charge in [-0.3, -0.25) is 4.79 Å². The Bertz CT molecular complexity index is 1080. The van der Waals surface area contributed by atoms with Crippen molar-refractivity contribution in [2.24, 2.45) is 4.99 Å². The molecule has 0 bridgehead atoms. The van der Waals surface area contributed by atoms with E-state index in [-0.39, 0.29) is 5.91 Å². The molecule has 0 spiro atoms. The normalized spacial score (nSPS) is 11.8. The lowest BCUT2D eigenvalue weighted by Gasteiger charge is -2.10. The molecule has 0 N–H and O–H groups in total. The number of thioether (sulfide) groups is 1. The van der Waals surface area contributed by atoms with Crippen LogP contribution < -0.4 is 14.3 Å². The molecule has 0 fully saturated rings. The second-order valence-electron chi connectivity index (χ2n) is 6.39. The Morgan fingerprint density at radius 2 is 1.93 bits per heavy atom. The molecule has 148 valence electrons. The average Bonchev–Trinajstić information content (AvgIpc) is 3.01. The third-order valence-corrected chi connectivity index (χ3v) is 6.28. The van der Waals surface area contributed by atoms with Crippen LogP contribution in [-0.4, -0.2) is 36.7 Å². The highest BCUT2D eigenvalue weighted by Gasteiger charge is 2.17. The zero-order valence-corrected chi connectivity index (χ0v) is 18.4. The zero-order valence-electron chi connectivity index (χ0n) is 16.7. The van der Waals surface area contributed by atoms with Crippen LogP contribution in [0.4, 0.5) is 0 Å². The van der Waals surface area contributed by atoms with Gasteiger partial charge in [0.2, 0.25) is 0 Å². The van der Waals surface area contributed by atoms with E-state index in [2.05, 4.69) is 41.8 Å². The van der Waals surface area contributed by atoms with Crippen molar-refractivity contribution in [1.29, 1.82) is 0 Å². The predicted molar refractivity (Wildman–Crippen MR) is 117 cm³/mol. The lowest BCUT2D eigenvalue weighted by atomic mass is 10.1. The van der Waals surface area contributed by atoms with Crippen molar-refractivity contribution in [2.75, 3.05) is 26.2 Å². The fourth-order valence-corrected chi connectivity index (χ4v) is 4.51. The molecule has 5 nitrogen and oxygen atoms in total. The number of ether oxygens (including phenoxy) is 2. The molecule has 0 aliphatic carbocycles. The summed E-state index contributed by atoms with van der Waals surface area (Å²) in [6.07, 6.45) is 2.08. The number of hydrogen-bond donors (Lipinski definition) is 0. The van der Waals surface area contributed by atoms with Crippen molar-refractivity contribution in [1.82, 2.24) is 4.57 Å². The molecular weight excluding hydrogens is 392 g/mol. The van der Waals surface area contributed by atoms with Crippen LogP contribution in [0.1, 0.15) is 21.5 Å². The highest BCUT2D eigenvalue weighted by Crippen LogP contribution is 2.31. The Morgan fingerprint density at radius 1 is 1.18 bits per heavy atom.